The molecule has 0 unspecified atom stereocenters. The molecule has 2 aromatic rings. The summed E-state index contributed by atoms with van der Waals surface area (Å²) in [7, 11) is 1.62. The van der Waals surface area contributed by atoms with Crippen LogP contribution in [0.3, 0.4) is 0 Å². The second kappa shape index (κ2) is 9.85. The number of nitrogens with one attached hydrogen (secondary N) is 2. The van der Waals surface area contributed by atoms with Crippen LogP contribution >= 0.6 is 0 Å². The van der Waals surface area contributed by atoms with Crippen molar-refractivity contribution in [1.82, 2.24) is 15.3 Å². The van der Waals surface area contributed by atoms with Crippen molar-refractivity contribution in [3.8, 4) is 11.3 Å². The maximum Gasteiger partial charge on any atom is 0.222 e. The predicted octanol–water partition coefficient (Wildman–Crippen LogP) is 2.70. The summed E-state index contributed by atoms with van der Waals surface area (Å²) in [6.45, 7) is 3.44. The number of nitrogens with zero attached hydrogens (tertiary/aromatic N) is 1. The Kier molecular flexibility index (Phi) is 7.45. The molecule has 6 nitrogen and oxygen atoms in total. The van der Waals surface area contributed by atoms with Crippen molar-refractivity contribution >= 4 is 5.91 Å². The summed E-state index contributed by atoms with van der Waals surface area (Å²) in [4.78, 5) is 19.7. The number of ether oxygens (including phenoxy) is 2. The quantitative estimate of drug-likeness (QED) is 0.656. The molecule has 1 heterocycles. The lowest BCUT2D eigenvalue weighted by Crippen LogP contribution is -2.29. The summed E-state index contributed by atoms with van der Waals surface area (Å²) in [6, 6.07) is 9.86. The number of carbonyl (C=O) groups is 1. The second-order valence-electron chi connectivity index (χ2n) is 5.43. The lowest BCUT2D eigenvalue weighted by Gasteiger charge is -2.14. The highest BCUT2D eigenvalue weighted by Crippen LogP contribution is 2.20. The van der Waals surface area contributed by atoms with Gasteiger partial charge < -0.3 is 19.8 Å². The van der Waals surface area contributed by atoms with Crippen molar-refractivity contribution in [1.29, 1.82) is 0 Å². The molecule has 0 spiro atoms. The SMILES string of the molecule is CC[C@@H](NC(=O)CCOCCOC)c1ncc(-c2ccccc2)[nH]1. The van der Waals surface area contributed by atoms with E-state index in [1.54, 1.807) is 13.3 Å². The van der Waals surface area contributed by atoms with E-state index >= 15 is 0 Å². The first kappa shape index (κ1) is 18.2. The Balaban J connectivity index is 1.87. The number of amides is 1. The summed E-state index contributed by atoms with van der Waals surface area (Å²) in [5.41, 5.74) is 2.02. The fourth-order valence-corrected chi connectivity index (χ4v) is 2.32. The Morgan fingerprint density at radius 3 is 2.75 bits per heavy atom. The Hall–Kier alpha value is -2.18. The van der Waals surface area contributed by atoms with Gasteiger partial charge in [-0.2, -0.15) is 0 Å². The minimum Gasteiger partial charge on any atom is -0.382 e. The fraction of sp³-hybridized carbons (Fsp3) is 0.444. The van der Waals surface area contributed by atoms with E-state index in [-0.39, 0.29) is 11.9 Å². The number of aromatic amines is 1. The molecular formula is C18H25N3O3. The van der Waals surface area contributed by atoms with E-state index < -0.39 is 0 Å². The van der Waals surface area contributed by atoms with E-state index in [2.05, 4.69) is 15.3 Å². The molecule has 6 heteroatoms. The molecule has 1 amide bonds. The number of hydrogen-bond acceptors (Lipinski definition) is 4. The van der Waals surface area contributed by atoms with Crippen molar-refractivity contribution in [3.05, 3.63) is 42.4 Å². The van der Waals surface area contributed by atoms with Gasteiger partial charge in [0.15, 0.2) is 0 Å². The van der Waals surface area contributed by atoms with E-state index in [1.807, 2.05) is 37.3 Å². The Labute approximate surface area is 142 Å². The first-order valence-corrected chi connectivity index (χ1v) is 8.21. The van der Waals surface area contributed by atoms with Crippen LogP contribution in [0.15, 0.2) is 36.5 Å². The van der Waals surface area contributed by atoms with Crippen LogP contribution in [0.5, 0.6) is 0 Å². The number of rotatable bonds is 10. The van der Waals surface area contributed by atoms with E-state index in [1.165, 1.54) is 0 Å². The minimum atomic E-state index is -0.131. The van der Waals surface area contributed by atoms with Gasteiger partial charge in [-0.1, -0.05) is 37.3 Å². The van der Waals surface area contributed by atoms with Gasteiger partial charge in [-0.3, -0.25) is 4.79 Å². The monoisotopic (exact) mass is 331 g/mol. The van der Waals surface area contributed by atoms with Crippen molar-refractivity contribution < 1.29 is 14.3 Å². The smallest absolute Gasteiger partial charge is 0.222 e. The van der Waals surface area contributed by atoms with Gasteiger partial charge in [0.05, 0.1) is 37.8 Å². The van der Waals surface area contributed by atoms with E-state index in [9.17, 15) is 4.79 Å². The first-order valence-electron chi connectivity index (χ1n) is 8.21. The molecule has 1 aromatic heterocycles. The number of benzene rings is 1. The highest BCUT2D eigenvalue weighted by atomic mass is 16.5. The summed E-state index contributed by atoms with van der Waals surface area (Å²) >= 11 is 0. The molecule has 0 saturated carbocycles. The number of carbonyl (C=O) groups excluding carboxylic acids is 1. The Morgan fingerprint density at radius 2 is 2.04 bits per heavy atom. The summed E-state index contributed by atoms with van der Waals surface area (Å²) < 4.78 is 10.2. The molecule has 1 atom stereocenters. The first-order chi connectivity index (χ1) is 11.7. The van der Waals surface area contributed by atoms with Gasteiger partial charge in [0.1, 0.15) is 5.82 Å². The van der Waals surface area contributed by atoms with Gasteiger partial charge >= 0.3 is 0 Å². The molecule has 24 heavy (non-hydrogen) atoms. The molecule has 0 bridgehead atoms. The van der Waals surface area contributed by atoms with Crippen LogP contribution < -0.4 is 5.32 Å². The third kappa shape index (κ3) is 5.47. The minimum absolute atomic E-state index is 0.0445. The number of imidazole rings is 1. The normalized spacial score (nSPS) is 12.1. The molecular weight excluding hydrogens is 306 g/mol. The third-order valence-corrected chi connectivity index (χ3v) is 3.66. The third-order valence-electron chi connectivity index (χ3n) is 3.66. The molecule has 0 aliphatic rings. The van der Waals surface area contributed by atoms with Gasteiger partial charge in [0, 0.05) is 13.5 Å². The lowest BCUT2D eigenvalue weighted by molar-refractivity contribution is -0.123. The number of hydrogen-bond donors (Lipinski definition) is 2. The zero-order chi connectivity index (χ0) is 17.2. The van der Waals surface area contributed by atoms with Crippen LogP contribution in [0, 0.1) is 0 Å². The molecule has 0 aliphatic heterocycles. The lowest BCUT2D eigenvalue weighted by atomic mass is 10.2. The van der Waals surface area contributed by atoms with E-state index in [0.29, 0.717) is 26.2 Å². The molecule has 2 rings (SSSR count). The largest absolute Gasteiger partial charge is 0.382 e. The van der Waals surface area contributed by atoms with Crippen molar-refractivity contribution in [2.75, 3.05) is 26.9 Å². The topological polar surface area (TPSA) is 76.2 Å². The average molecular weight is 331 g/mol. The maximum absolute atomic E-state index is 12.0. The van der Waals surface area contributed by atoms with E-state index in [0.717, 1.165) is 23.5 Å². The van der Waals surface area contributed by atoms with Crippen LogP contribution in [0.1, 0.15) is 31.6 Å². The average Bonchev–Trinajstić information content (AvgIpc) is 3.10. The van der Waals surface area contributed by atoms with Gasteiger partial charge in [-0.05, 0) is 12.0 Å². The standard InChI is InChI=1S/C18H25N3O3/c1-3-15(20-17(22)9-10-24-12-11-23-2)18-19-13-16(21-18)14-7-5-4-6-8-14/h4-8,13,15H,3,9-12H2,1-2H3,(H,19,21)(H,20,22)/t15-/m1/s1. The molecule has 2 N–H and O–H groups in total. The summed E-state index contributed by atoms with van der Waals surface area (Å²) in [5.74, 6) is 0.724. The second-order valence-corrected chi connectivity index (χ2v) is 5.43. The number of methoxy groups -OCH3 is 1. The molecule has 0 fully saturated rings. The van der Waals surface area contributed by atoms with Crippen LogP contribution in [-0.2, 0) is 14.3 Å². The van der Waals surface area contributed by atoms with Gasteiger partial charge in [0.2, 0.25) is 5.91 Å². The summed E-state index contributed by atoms with van der Waals surface area (Å²) in [5, 5.41) is 2.99. The van der Waals surface area contributed by atoms with Crippen molar-refractivity contribution in [3.63, 3.8) is 0 Å². The van der Waals surface area contributed by atoms with E-state index in [4.69, 9.17) is 9.47 Å². The number of aromatic nitrogens is 2. The molecule has 0 radical (unpaired) electrons. The highest BCUT2D eigenvalue weighted by molar-refractivity contribution is 5.76. The molecule has 1 aromatic carbocycles. The number of H-pyrrole nitrogens is 1. The van der Waals surface area contributed by atoms with Gasteiger partial charge in [-0.15, -0.1) is 0 Å². The van der Waals surface area contributed by atoms with Crippen molar-refractivity contribution in [2.24, 2.45) is 0 Å². The summed E-state index contributed by atoms with van der Waals surface area (Å²) in [6.07, 6.45) is 2.89. The van der Waals surface area contributed by atoms with Crippen molar-refractivity contribution in [2.45, 2.75) is 25.8 Å². The molecule has 0 saturated heterocycles. The van der Waals surface area contributed by atoms with Crippen LogP contribution in [0.2, 0.25) is 0 Å². The molecule has 130 valence electrons. The van der Waals surface area contributed by atoms with Crippen LogP contribution in [0.25, 0.3) is 11.3 Å². The van der Waals surface area contributed by atoms with Gasteiger partial charge in [0.25, 0.3) is 0 Å². The molecule has 0 aliphatic carbocycles. The zero-order valence-electron chi connectivity index (χ0n) is 14.2. The van der Waals surface area contributed by atoms with Crippen LogP contribution in [-0.4, -0.2) is 42.8 Å². The highest BCUT2D eigenvalue weighted by Gasteiger charge is 2.16. The maximum atomic E-state index is 12.0. The Morgan fingerprint density at radius 1 is 1.25 bits per heavy atom. The zero-order valence-corrected chi connectivity index (χ0v) is 14.2. The fourth-order valence-electron chi connectivity index (χ4n) is 2.32. The van der Waals surface area contributed by atoms with Gasteiger partial charge in [-0.25, -0.2) is 4.98 Å². The van der Waals surface area contributed by atoms with Crippen LogP contribution in [0.4, 0.5) is 0 Å². The predicted molar refractivity (Wildman–Crippen MR) is 92.5 cm³/mol. The Bertz CT molecular complexity index is 613.